The zero-order valence-corrected chi connectivity index (χ0v) is 18.1. The van der Waals surface area contributed by atoms with E-state index in [0.29, 0.717) is 18.7 Å². The molecule has 3 aromatic heterocycles. The number of hydrogen-bond donors (Lipinski definition) is 2. The number of aromatic nitrogens is 5. The molecule has 0 saturated heterocycles. The van der Waals surface area contributed by atoms with Crippen molar-refractivity contribution < 1.29 is 26.3 Å². The highest BCUT2D eigenvalue weighted by atomic mass is 19.4. The molecule has 1 aromatic carbocycles. The third-order valence-electron chi connectivity index (χ3n) is 5.34. The maximum atomic E-state index is 13.2. The minimum atomic E-state index is -4.69. The van der Waals surface area contributed by atoms with Crippen LogP contribution in [0.1, 0.15) is 22.5 Å². The van der Waals surface area contributed by atoms with Gasteiger partial charge in [-0.15, -0.1) is 0 Å². The van der Waals surface area contributed by atoms with Gasteiger partial charge in [-0.05, 0) is 35.4 Å². The van der Waals surface area contributed by atoms with E-state index in [4.69, 9.17) is 0 Å². The number of benzene rings is 1. The monoisotopic (exact) mass is 503 g/mol. The number of alkyl halides is 6. The zero-order chi connectivity index (χ0) is 25.5. The molecule has 0 unspecified atom stereocenters. The second-order valence-corrected chi connectivity index (χ2v) is 7.81. The fraction of sp³-hybridized carbons (Fsp3) is 0.174. The fourth-order valence-corrected chi connectivity index (χ4v) is 3.72. The Bertz CT molecular complexity index is 1440. The number of rotatable bonds is 4. The summed E-state index contributed by atoms with van der Waals surface area (Å²) in [6, 6.07) is 10.8. The van der Waals surface area contributed by atoms with E-state index in [2.05, 4.69) is 35.6 Å². The first kappa shape index (κ1) is 23.6. The Morgan fingerprint density at radius 1 is 0.750 bits per heavy atom. The standard InChI is InChI=1S/C23H15F6N7/c24-22(25,26)17-6-2-5-16(33-17)20-34-19(14-4-1-3-12-10-30-11-15(12)14)35-21(36-20)32-13-7-8-31-18(9-13)23(27,28)29/h1-9,30H,10-11H2,(H,31,32,34,35,36). The fourth-order valence-electron chi connectivity index (χ4n) is 3.72. The molecule has 184 valence electrons. The van der Waals surface area contributed by atoms with Gasteiger partial charge in [0.2, 0.25) is 5.95 Å². The van der Waals surface area contributed by atoms with Crippen LogP contribution in [0.5, 0.6) is 0 Å². The van der Waals surface area contributed by atoms with Crippen LogP contribution < -0.4 is 10.6 Å². The molecule has 0 saturated carbocycles. The predicted octanol–water partition coefficient (Wildman–Crippen LogP) is 5.38. The molecule has 0 spiro atoms. The maximum absolute atomic E-state index is 13.2. The molecule has 0 atom stereocenters. The number of halogens is 6. The summed E-state index contributed by atoms with van der Waals surface area (Å²) in [7, 11) is 0. The molecule has 7 nitrogen and oxygen atoms in total. The molecule has 5 rings (SSSR count). The molecule has 4 heterocycles. The molecule has 0 radical (unpaired) electrons. The van der Waals surface area contributed by atoms with Crippen molar-refractivity contribution in [2.24, 2.45) is 0 Å². The topological polar surface area (TPSA) is 88.5 Å². The van der Waals surface area contributed by atoms with Gasteiger partial charge in [-0.25, -0.2) is 9.97 Å². The molecule has 0 amide bonds. The van der Waals surface area contributed by atoms with Gasteiger partial charge >= 0.3 is 12.4 Å². The highest BCUT2D eigenvalue weighted by Crippen LogP contribution is 2.32. The number of nitrogens with one attached hydrogen (secondary N) is 2. The summed E-state index contributed by atoms with van der Waals surface area (Å²) in [4.78, 5) is 19.8. The van der Waals surface area contributed by atoms with E-state index >= 15 is 0 Å². The van der Waals surface area contributed by atoms with Gasteiger partial charge in [0.1, 0.15) is 17.1 Å². The van der Waals surface area contributed by atoms with Crippen LogP contribution in [0.3, 0.4) is 0 Å². The average molecular weight is 503 g/mol. The third-order valence-corrected chi connectivity index (χ3v) is 5.34. The van der Waals surface area contributed by atoms with Gasteiger partial charge in [0.05, 0.1) is 0 Å². The van der Waals surface area contributed by atoms with Gasteiger partial charge in [-0.1, -0.05) is 24.3 Å². The van der Waals surface area contributed by atoms with Crippen molar-refractivity contribution >= 4 is 11.6 Å². The SMILES string of the molecule is FC(F)(F)c1cc(Nc2nc(-c3cccc(C(F)(F)F)n3)nc(-c3cccc4c3CNC4)n2)ccn1. The van der Waals surface area contributed by atoms with E-state index in [-0.39, 0.29) is 29.0 Å². The van der Waals surface area contributed by atoms with E-state index < -0.39 is 23.7 Å². The van der Waals surface area contributed by atoms with Gasteiger partial charge in [-0.2, -0.15) is 36.3 Å². The first-order valence-electron chi connectivity index (χ1n) is 10.5. The average Bonchev–Trinajstić information content (AvgIpc) is 3.32. The summed E-state index contributed by atoms with van der Waals surface area (Å²) in [5, 5.41) is 5.89. The maximum Gasteiger partial charge on any atom is 0.433 e. The van der Waals surface area contributed by atoms with Crippen molar-refractivity contribution in [3.05, 3.63) is 77.2 Å². The molecule has 4 aromatic rings. The van der Waals surface area contributed by atoms with Gasteiger partial charge in [0.25, 0.3) is 0 Å². The Labute approximate surface area is 199 Å². The van der Waals surface area contributed by atoms with Crippen LogP contribution in [0.25, 0.3) is 22.9 Å². The Morgan fingerprint density at radius 3 is 2.28 bits per heavy atom. The number of pyridine rings is 2. The lowest BCUT2D eigenvalue weighted by molar-refractivity contribution is -0.141. The van der Waals surface area contributed by atoms with E-state index in [0.717, 1.165) is 29.5 Å². The number of hydrogen-bond acceptors (Lipinski definition) is 7. The minimum absolute atomic E-state index is 0.0163. The molecule has 1 aliphatic heterocycles. The second-order valence-electron chi connectivity index (χ2n) is 7.81. The zero-order valence-electron chi connectivity index (χ0n) is 18.1. The van der Waals surface area contributed by atoms with Crippen molar-refractivity contribution in [1.82, 2.24) is 30.2 Å². The minimum Gasteiger partial charge on any atom is -0.324 e. The number of nitrogens with zero attached hydrogens (tertiary/aromatic N) is 5. The Kier molecular flexibility index (Phi) is 5.79. The van der Waals surface area contributed by atoms with Crippen LogP contribution in [0.15, 0.2) is 54.7 Å². The predicted molar refractivity (Wildman–Crippen MR) is 117 cm³/mol. The largest absolute Gasteiger partial charge is 0.433 e. The van der Waals surface area contributed by atoms with Crippen molar-refractivity contribution in [3.63, 3.8) is 0 Å². The smallest absolute Gasteiger partial charge is 0.324 e. The lowest BCUT2D eigenvalue weighted by atomic mass is 10.0. The Balaban J connectivity index is 1.63. The van der Waals surface area contributed by atoms with E-state index in [9.17, 15) is 26.3 Å². The lowest BCUT2D eigenvalue weighted by Gasteiger charge is -2.13. The normalized spacial score (nSPS) is 13.5. The van der Waals surface area contributed by atoms with Crippen molar-refractivity contribution in [3.8, 4) is 22.9 Å². The summed E-state index contributed by atoms with van der Waals surface area (Å²) >= 11 is 0. The van der Waals surface area contributed by atoms with Crippen molar-refractivity contribution in [2.75, 3.05) is 5.32 Å². The van der Waals surface area contributed by atoms with Crippen LogP contribution in [-0.2, 0) is 25.4 Å². The molecule has 0 aliphatic carbocycles. The Hall–Kier alpha value is -4.13. The van der Waals surface area contributed by atoms with Crippen molar-refractivity contribution in [1.29, 1.82) is 0 Å². The molecule has 0 fully saturated rings. The van der Waals surface area contributed by atoms with Crippen LogP contribution >= 0.6 is 0 Å². The summed E-state index contributed by atoms with van der Waals surface area (Å²) < 4.78 is 79.0. The van der Waals surface area contributed by atoms with Crippen molar-refractivity contribution in [2.45, 2.75) is 25.4 Å². The lowest BCUT2D eigenvalue weighted by Crippen LogP contribution is -2.10. The molecule has 36 heavy (non-hydrogen) atoms. The van der Waals surface area contributed by atoms with Gasteiger partial charge in [0, 0.05) is 30.5 Å². The highest BCUT2D eigenvalue weighted by molar-refractivity contribution is 5.67. The molecular formula is C23H15F6N7. The van der Waals surface area contributed by atoms with Gasteiger partial charge in [0.15, 0.2) is 11.6 Å². The second kappa shape index (κ2) is 8.82. The van der Waals surface area contributed by atoms with Crippen LogP contribution in [0.4, 0.5) is 38.0 Å². The number of fused-ring (bicyclic) bond motifs is 1. The van der Waals surface area contributed by atoms with Crippen LogP contribution in [-0.4, -0.2) is 24.9 Å². The quantitative estimate of drug-likeness (QED) is 0.362. The molecule has 0 bridgehead atoms. The highest BCUT2D eigenvalue weighted by Gasteiger charge is 2.33. The molecule has 13 heteroatoms. The van der Waals surface area contributed by atoms with E-state index in [1.165, 1.54) is 18.2 Å². The Morgan fingerprint density at radius 2 is 1.50 bits per heavy atom. The van der Waals surface area contributed by atoms with Gasteiger partial charge < -0.3 is 10.6 Å². The van der Waals surface area contributed by atoms with E-state index in [1.807, 2.05) is 6.07 Å². The summed E-state index contributed by atoms with van der Waals surface area (Å²) in [5.74, 6) is -0.216. The number of anilines is 2. The third kappa shape index (κ3) is 4.82. The molecule has 1 aliphatic rings. The molecule has 2 N–H and O–H groups in total. The summed E-state index contributed by atoms with van der Waals surface area (Å²) in [6.07, 6.45) is -8.39. The summed E-state index contributed by atoms with van der Waals surface area (Å²) in [5.41, 5.74) is 0.0666. The van der Waals surface area contributed by atoms with Crippen LogP contribution in [0, 0.1) is 0 Å². The molecular weight excluding hydrogens is 488 g/mol. The first-order chi connectivity index (χ1) is 17.1. The summed E-state index contributed by atoms with van der Waals surface area (Å²) in [6.45, 7) is 1.15. The first-order valence-corrected chi connectivity index (χ1v) is 10.5. The van der Waals surface area contributed by atoms with Gasteiger partial charge in [-0.3, -0.25) is 4.98 Å². The van der Waals surface area contributed by atoms with E-state index in [1.54, 1.807) is 12.1 Å². The van der Waals surface area contributed by atoms with Crippen LogP contribution in [0.2, 0.25) is 0 Å².